The maximum absolute atomic E-state index is 12.6. The molecule has 3 N–H and O–H groups in total. The number of methoxy groups -OCH3 is 1. The number of aliphatic hydroxyl groups excluding tert-OH is 1. The molecule has 7 heteroatoms. The number of amides is 3. The second-order valence-electron chi connectivity index (χ2n) is 6.76. The number of hydrogen-bond acceptors (Lipinski definition) is 4. The van der Waals surface area contributed by atoms with Gasteiger partial charge >= 0.3 is 6.03 Å². The van der Waals surface area contributed by atoms with Crippen LogP contribution in [0.1, 0.15) is 23.2 Å². The van der Waals surface area contributed by atoms with E-state index in [4.69, 9.17) is 4.74 Å². The van der Waals surface area contributed by atoms with E-state index in [1.54, 1.807) is 36.3 Å². The van der Waals surface area contributed by atoms with Crippen molar-refractivity contribution in [1.29, 1.82) is 0 Å². The van der Waals surface area contributed by atoms with Crippen molar-refractivity contribution in [2.24, 2.45) is 0 Å². The summed E-state index contributed by atoms with van der Waals surface area (Å²) in [5.41, 5.74) is 1.17. The van der Waals surface area contributed by atoms with Crippen molar-refractivity contribution in [3.63, 3.8) is 0 Å². The molecule has 2 aromatic carbocycles. The molecule has 0 spiro atoms. The number of hydrogen-bond donors (Lipinski definition) is 3. The number of carbonyl (C=O) groups is 2. The first-order valence-corrected chi connectivity index (χ1v) is 9.31. The summed E-state index contributed by atoms with van der Waals surface area (Å²) in [7, 11) is 1.56. The van der Waals surface area contributed by atoms with Crippen LogP contribution in [0, 0.1) is 0 Å². The van der Waals surface area contributed by atoms with Crippen LogP contribution < -0.4 is 15.4 Å². The molecule has 0 bridgehead atoms. The molecule has 3 rings (SSSR count). The van der Waals surface area contributed by atoms with E-state index in [-0.39, 0.29) is 18.5 Å². The Morgan fingerprint density at radius 1 is 1.11 bits per heavy atom. The normalized spacial score (nSPS) is 19.4. The van der Waals surface area contributed by atoms with Gasteiger partial charge in [0.05, 0.1) is 19.3 Å². The summed E-state index contributed by atoms with van der Waals surface area (Å²) in [5, 5.41) is 16.1. The highest BCUT2D eigenvalue weighted by Crippen LogP contribution is 2.16. The lowest BCUT2D eigenvalue weighted by molar-refractivity contribution is 0.0811. The molecule has 7 nitrogen and oxygen atoms in total. The van der Waals surface area contributed by atoms with Gasteiger partial charge in [0, 0.05) is 24.3 Å². The smallest absolute Gasteiger partial charge is 0.321 e. The molecule has 0 aromatic heterocycles. The van der Waals surface area contributed by atoms with Crippen LogP contribution in [-0.2, 0) is 0 Å². The summed E-state index contributed by atoms with van der Waals surface area (Å²) in [6.07, 6.45) is 0.470. The van der Waals surface area contributed by atoms with Crippen molar-refractivity contribution in [3.05, 3.63) is 60.2 Å². The van der Waals surface area contributed by atoms with Crippen LogP contribution in [0.25, 0.3) is 0 Å². The van der Waals surface area contributed by atoms with Gasteiger partial charge < -0.3 is 25.4 Å². The third-order valence-corrected chi connectivity index (χ3v) is 4.79. The van der Waals surface area contributed by atoms with Gasteiger partial charge in [0.25, 0.3) is 5.91 Å². The topological polar surface area (TPSA) is 90.9 Å². The van der Waals surface area contributed by atoms with Gasteiger partial charge in [-0.1, -0.05) is 18.2 Å². The monoisotopic (exact) mass is 383 g/mol. The summed E-state index contributed by atoms with van der Waals surface area (Å²) < 4.78 is 5.10. The van der Waals surface area contributed by atoms with E-state index in [2.05, 4.69) is 10.6 Å². The third-order valence-electron chi connectivity index (χ3n) is 4.79. The predicted molar refractivity (Wildman–Crippen MR) is 107 cm³/mol. The number of rotatable bonds is 4. The SMILES string of the molecule is COc1ccc(C(=O)N[C@@H]2CN(C(=O)Nc3ccccc3)CCC[C@H]2O)cc1. The Morgan fingerprint density at radius 2 is 1.82 bits per heavy atom. The van der Waals surface area contributed by atoms with E-state index < -0.39 is 12.1 Å². The van der Waals surface area contributed by atoms with Crippen molar-refractivity contribution in [3.8, 4) is 5.75 Å². The molecule has 0 unspecified atom stereocenters. The molecule has 1 saturated heterocycles. The zero-order valence-electron chi connectivity index (χ0n) is 15.8. The van der Waals surface area contributed by atoms with Crippen LogP contribution in [0.5, 0.6) is 5.75 Å². The van der Waals surface area contributed by atoms with Crippen molar-refractivity contribution in [2.75, 3.05) is 25.5 Å². The Bertz CT molecular complexity index is 795. The average molecular weight is 383 g/mol. The molecule has 148 valence electrons. The number of aliphatic hydroxyl groups is 1. The summed E-state index contributed by atoms with van der Waals surface area (Å²) in [6, 6.07) is 15.1. The van der Waals surface area contributed by atoms with E-state index in [0.717, 1.165) is 0 Å². The van der Waals surface area contributed by atoms with Crippen LogP contribution in [0.3, 0.4) is 0 Å². The van der Waals surface area contributed by atoms with Crippen LogP contribution in [-0.4, -0.2) is 54.3 Å². The molecule has 0 aliphatic carbocycles. The van der Waals surface area contributed by atoms with Gasteiger partial charge in [-0.05, 0) is 49.2 Å². The lowest BCUT2D eigenvalue weighted by atomic mass is 10.1. The minimum atomic E-state index is -0.711. The largest absolute Gasteiger partial charge is 0.497 e. The first-order valence-electron chi connectivity index (χ1n) is 9.31. The molecular formula is C21H25N3O4. The predicted octanol–water partition coefficient (Wildman–Crippen LogP) is 2.48. The molecule has 2 aromatic rings. The molecule has 1 heterocycles. The number of ether oxygens (including phenoxy) is 1. The Balaban J connectivity index is 1.65. The maximum Gasteiger partial charge on any atom is 0.321 e. The van der Waals surface area contributed by atoms with Gasteiger partial charge in [-0.15, -0.1) is 0 Å². The van der Waals surface area contributed by atoms with Gasteiger partial charge in [-0.25, -0.2) is 4.79 Å². The van der Waals surface area contributed by atoms with Crippen molar-refractivity contribution in [1.82, 2.24) is 10.2 Å². The minimum Gasteiger partial charge on any atom is -0.497 e. The third kappa shape index (κ3) is 5.01. The molecule has 1 aliphatic heterocycles. The minimum absolute atomic E-state index is 0.238. The van der Waals surface area contributed by atoms with E-state index in [0.29, 0.717) is 36.4 Å². The number of benzene rings is 2. The van der Waals surface area contributed by atoms with Crippen LogP contribution >= 0.6 is 0 Å². The number of carbonyl (C=O) groups excluding carboxylic acids is 2. The molecule has 0 radical (unpaired) electrons. The number of urea groups is 1. The van der Waals surface area contributed by atoms with Crippen molar-refractivity contribution < 1.29 is 19.4 Å². The Labute approximate surface area is 164 Å². The Kier molecular flexibility index (Phi) is 6.49. The van der Waals surface area contributed by atoms with E-state index in [1.165, 1.54) is 0 Å². The van der Waals surface area contributed by atoms with E-state index in [1.807, 2.05) is 30.3 Å². The van der Waals surface area contributed by atoms with Gasteiger partial charge in [0.2, 0.25) is 0 Å². The molecule has 3 amide bonds. The van der Waals surface area contributed by atoms with E-state index in [9.17, 15) is 14.7 Å². The first-order chi connectivity index (χ1) is 13.6. The fourth-order valence-electron chi connectivity index (χ4n) is 3.19. The summed E-state index contributed by atoms with van der Waals surface area (Å²) in [4.78, 5) is 26.8. The van der Waals surface area contributed by atoms with Gasteiger partial charge in [0.15, 0.2) is 0 Å². The summed E-state index contributed by atoms with van der Waals surface area (Å²) in [6.45, 7) is 0.756. The zero-order valence-corrected chi connectivity index (χ0v) is 15.8. The highest BCUT2D eigenvalue weighted by molar-refractivity contribution is 5.94. The fraction of sp³-hybridized carbons (Fsp3) is 0.333. The Morgan fingerprint density at radius 3 is 2.50 bits per heavy atom. The quantitative estimate of drug-likeness (QED) is 0.757. The van der Waals surface area contributed by atoms with Crippen LogP contribution in [0.2, 0.25) is 0 Å². The highest BCUT2D eigenvalue weighted by Gasteiger charge is 2.29. The summed E-state index contributed by atoms with van der Waals surface area (Å²) in [5.74, 6) is 0.367. The lowest BCUT2D eigenvalue weighted by Crippen LogP contribution is -2.50. The molecule has 28 heavy (non-hydrogen) atoms. The fourth-order valence-corrected chi connectivity index (χ4v) is 3.19. The molecule has 0 saturated carbocycles. The van der Waals surface area contributed by atoms with Crippen LogP contribution in [0.4, 0.5) is 10.5 Å². The summed E-state index contributed by atoms with van der Waals surface area (Å²) >= 11 is 0. The second kappa shape index (κ2) is 9.23. The lowest BCUT2D eigenvalue weighted by Gasteiger charge is -2.27. The number of likely N-dealkylation sites (tertiary alicyclic amines) is 1. The van der Waals surface area contributed by atoms with Gasteiger partial charge in [-0.3, -0.25) is 4.79 Å². The van der Waals surface area contributed by atoms with Gasteiger partial charge in [0.1, 0.15) is 5.75 Å². The first kappa shape index (κ1) is 19.7. The Hall–Kier alpha value is -3.06. The number of para-hydroxylation sites is 1. The van der Waals surface area contributed by atoms with Crippen molar-refractivity contribution in [2.45, 2.75) is 25.0 Å². The zero-order chi connectivity index (χ0) is 19.9. The number of nitrogens with one attached hydrogen (secondary N) is 2. The highest BCUT2D eigenvalue weighted by atomic mass is 16.5. The second-order valence-corrected chi connectivity index (χ2v) is 6.76. The van der Waals surface area contributed by atoms with Crippen molar-refractivity contribution >= 4 is 17.6 Å². The number of anilines is 1. The maximum atomic E-state index is 12.6. The number of nitrogens with zero attached hydrogens (tertiary/aromatic N) is 1. The molecular weight excluding hydrogens is 358 g/mol. The van der Waals surface area contributed by atoms with Crippen LogP contribution in [0.15, 0.2) is 54.6 Å². The standard InChI is InChI=1S/C21H25N3O4/c1-28-17-11-9-15(10-12-17)20(26)23-18-14-24(13-5-8-19(18)25)21(27)22-16-6-3-2-4-7-16/h2-4,6-7,9-12,18-19,25H,5,8,13-14H2,1H3,(H,22,27)(H,23,26)/t18-,19-/m1/s1. The molecule has 2 atom stereocenters. The van der Waals surface area contributed by atoms with E-state index >= 15 is 0 Å². The average Bonchev–Trinajstić information content (AvgIpc) is 2.90. The van der Waals surface area contributed by atoms with Gasteiger partial charge in [-0.2, -0.15) is 0 Å². The molecule has 1 aliphatic rings. The molecule has 1 fully saturated rings.